The summed E-state index contributed by atoms with van der Waals surface area (Å²) in [6.45, 7) is 3.72. The number of hydrogen-bond acceptors (Lipinski definition) is 6. The second-order valence-corrected chi connectivity index (χ2v) is 7.39. The van der Waals surface area contributed by atoms with Gasteiger partial charge in [-0.3, -0.25) is 9.36 Å². The topological polar surface area (TPSA) is 73.8 Å². The van der Waals surface area contributed by atoms with Gasteiger partial charge in [0.25, 0.3) is 5.56 Å². The number of aromatic nitrogens is 4. The highest BCUT2D eigenvalue weighted by molar-refractivity contribution is 7.98. The van der Waals surface area contributed by atoms with Crippen LogP contribution in [0, 0.1) is 13.8 Å². The van der Waals surface area contributed by atoms with Crippen LogP contribution >= 0.6 is 23.4 Å². The second kappa shape index (κ2) is 7.17. The predicted molar refractivity (Wildman–Crippen MR) is 106 cm³/mol. The smallest absolute Gasteiger partial charge is 0.266 e. The summed E-state index contributed by atoms with van der Waals surface area (Å²) < 4.78 is 6.80. The molecule has 0 saturated heterocycles. The van der Waals surface area contributed by atoms with Crippen molar-refractivity contribution in [3.63, 3.8) is 0 Å². The number of hydrogen-bond donors (Lipinski definition) is 0. The maximum absolute atomic E-state index is 13.2. The molecule has 2 aromatic heterocycles. The molecule has 0 aliphatic carbocycles. The third kappa shape index (κ3) is 3.48. The first kappa shape index (κ1) is 17.8. The standard InChI is InChI=1S/C19H15ClN4O2S/c1-11-5-3-4-6-16(11)24-18(25)14-8-7-13(20)9-15(14)22-19(24)27-10-17-21-12(2)23-26-17/h3-9H,10H2,1-2H3. The summed E-state index contributed by atoms with van der Waals surface area (Å²) in [7, 11) is 0. The Morgan fingerprint density at radius 2 is 1.96 bits per heavy atom. The number of para-hydroxylation sites is 1. The zero-order valence-electron chi connectivity index (χ0n) is 14.6. The molecule has 27 heavy (non-hydrogen) atoms. The van der Waals surface area contributed by atoms with Crippen molar-refractivity contribution in [1.29, 1.82) is 0 Å². The molecule has 136 valence electrons. The molecule has 0 bridgehead atoms. The summed E-state index contributed by atoms with van der Waals surface area (Å²) in [5, 5.41) is 5.39. The van der Waals surface area contributed by atoms with Gasteiger partial charge in [0.05, 0.1) is 22.3 Å². The normalized spacial score (nSPS) is 11.2. The first-order chi connectivity index (χ1) is 13.0. The minimum Gasteiger partial charge on any atom is -0.338 e. The molecule has 0 aliphatic heterocycles. The molecule has 4 rings (SSSR count). The number of thioether (sulfide) groups is 1. The Kier molecular flexibility index (Phi) is 4.72. The van der Waals surface area contributed by atoms with Crippen LogP contribution in [0.2, 0.25) is 5.02 Å². The van der Waals surface area contributed by atoms with E-state index in [2.05, 4.69) is 15.1 Å². The van der Waals surface area contributed by atoms with Crippen molar-refractivity contribution < 1.29 is 4.52 Å². The van der Waals surface area contributed by atoms with Gasteiger partial charge in [-0.25, -0.2) is 4.98 Å². The van der Waals surface area contributed by atoms with Crippen molar-refractivity contribution in [2.75, 3.05) is 0 Å². The Morgan fingerprint density at radius 3 is 2.70 bits per heavy atom. The number of fused-ring (bicyclic) bond motifs is 1. The lowest BCUT2D eigenvalue weighted by molar-refractivity contribution is 0.387. The molecule has 0 atom stereocenters. The lowest BCUT2D eigenvalue weighted by Crippen LogP contribution is -2.22. The van der Waals surface area contributed by atoms with Gasteiger partial charge in [0.1, 0.15) is 0 Å². The Labute approximate surface area is 164 Å². The highest BCUT2D eigenvalue weighted by atomic mass is 35.5. The summed E-state index contributed by atoms with van der Waals surface area (Å²) in [6, 6.07) is 12.8. The fraction of sp³-hybridized carbons (Fsp3) is 0.158. The van der Waals surface area contributed by atoms with Crippen LogP contribution in [0.4, 0.5) is 0 Å². The maximum Gasteiger partial charge on any atom is 0.266 e. The van der Waals surface area contributed by atoms with E-state index >= 15 is 0 Å². The molecule has 0 unspecified atom stereocenters. The van der Waals surface area contributed by atoms with E-state index in [0.717, 1.165) is 11.3 Å². The van der Waals surface area contributed by atoms with Crippen molar-refractivity contribution >= 4 is 34.3 Å². The Balaban J connectivity index is 1.90. The van der Waals surface area contributed by atoms with Crippen molar-refractivity contribution in [1.82, 2.24) is 19.7 Å². The van der Waals surface area contributed by atoms with Gasteiger partial charge in [-0.15, -0.1) is 0 Å². The number of aryl methyl sites for hydroxylation is 2. The van der Waals surface area contributed by atoms with Crippen LogP contribution in [0.5, 0.6) is 0 Å². The van der Waals surface area contributed by atoms with E-state index < -0.39 is 0 Å². The fourth-order valence-electron chi connectivity index (χ4n) is 2.79. The van der Waals surface area contributed by atoms with Crippen LogP contribution in [0.3, 0.4) is 0 Å². The molecule has 2 heterocycles. The lowest BCUT2D eigenvalue weighted by Gasteiger charge is -2.14. The van der Waals surface area contributed by atoms with Gasteiger partial charge < -0.3 is 4.52 Å². The molecule has 0 aliphatic rings. The molecule has 4 aromatic rings. The summed E-state index contributed by atoms with van der Waals surface area (Å²) >= 11 is 7.46. The highest BCUT2D eigenvalue weighted by Gasteiger charge is 2.16. The highest BCUT2D eigenvalue weighted by Crippen LogP contribution is 2.26. The molecule has 0 amide bonds. The Hall–Kier alpha value is -2.64. The van der Waals surface area contributed by atoms with Crippen molar-refractivity contribution in [2.24, 2.45) is 0 Å². The quantitative estimate of drug-likeness (QED) is 0.376. The van der Waals surface area contributed by atoms with Gasteiger partial charge in [0, 0.05) is 5.02 Å². The maximum atomic E-state index is 13.2. The van der Waals surface area contributed by atoms with Crippen molar-refractivity contribution in [3.8, 4) is 5.69 Å². The van der Waals surface area contributed by atoms with Crippen LogP contribution in [-0.4, -0.2) is 19.7 Å². The Morgan fingerprint density at radius 1 is 1.15 bits per heavy atom. The fourth-order valence-corrected chi connectivity index (χ4v) is 3.80. The first-order valence-corrected chi connectivity index (χ1v) is 9.59. The molecular formula is C19H15ClN4O2S. The summed E-state index contributed by atoms with van der Waals surface area (Å²) in [6.07, 6.45) is 0. The van der Waals surface area contributed by atoms with E-state index in [9.17, 15) is 4.79 Å². The van der Waals surface area contributed by atoms with Crippen LogP contribution in [0.25, 0.3) is 16.6 Å². The number of nitrogens with zero attached hydrogens (tertiary/aromatic N) is 4. The van der Waals surface area contributed by atoms with Crippen LogP contribution in [0.1, 0.15) is 17.3 Å². The predicted octanol–water partition coefficient (Wildman–Crippen LogP) is 4.33. The van der Waals surface area contributed by atoms with Gasteiger partial charge in [-0.05, 0) is 43.7 Å². The molecule has 0 radical (unpaired) electrons. The lowest BCUT2D eigenvalue weighted by atomic mass is 10.2. The molecule has 0 fully saturated rings. The van der Waals surface area contributed by atoms with Gasteiger partial charge in [0.2, 0.25) is 5.89 Å². The molecule has 8 heteroatoms. The molecule has 0 saturated carbocycles. The van der Waals surface area contributed by atoms with Crippen LogP contribution in [0.15, 0.2) is 56.9 Å². The van der Waals surface area contributed by atoms with Gasteiger partial charge in [0.15, 0.2) is 11.0 Å². The van der Waals surface area contributed by atoms with Crippen LogP contribution < -0.4 is 5.56 Å². The van der Waals surface area contributed by atoms with Gasteiger partial charge in [-0.1, -0.05) is 46.7 Å². The summed E-state index contributed by atoms with van der Waals surface area (Å²) in [5.74, 6) is 1.46. The van der Waals surface area contributed by atoms with E-state index in [-0.39, 0.29) is 5.56 Å². The monoisotopic (exact) mass is 398 g/mol. The van der Waals surface area contributed by atoms with Gasteiger partial charge in [-0.2, -0.15) is 4.98 Å². The number of halogens is 1. The summed E-state index contributed by atoms with van der Waals surface area (Å²) in [5.41, 5.74) is 2.18. The van der Waals surface area contributed by atoms with Crippen LogP contribution in [-0.2, 0) is 5.75 Å². The van der Waals surface area contributed by atoms with E-state index in [1.165, 1.54) is 11.8 Å². The molecule has 0 spiro atoms. The van der Waals surface area contributed by atoms with Crippen molar-refractivity contribution in [2.45, 2.75) is 24.8 Å². The zero-order chi connectivity index (χ0) is 19.0. The zero-order valence-corrected chi connectivity index (χ0v) is 16.2. The minimum atomic E-state index is -0.143. The number of rotatable bonds is 4. The average Bonchev–Trinajstić information content (AvgIpc) is 3.06. The van der Waals surface area contributed by atoms with E-state index in [1.54, 1.807) is 29.7 Å². The molecule has 0 N–H and O–H groups in total. The average molecular weight is 399 g/mol. The molecular weight excluding hydrogens is 384 g/mol. The number of benzene rings is 2. The van der Waals surface area contributed by atoms with Crippen molar-refractivity contribution in [3.05, 3.63) is 75.1 Å². The minimum absolute atomic E-state index is 0.143. The Bertz CT molecular complexity index is 1200. The van der Waals surface area contributed by atoms with E-state index in [0.29, 0.717) is 38.5 Å². The largest absolute Gasteiger partial charge is 0.338 e. The molecule has 2 aromatic carbocycles. The third-order valence-electron chi connectivity index (χ3n) is 4.05. The van der Waals surface area contributed by atoms with Gasteiger partial charge >= 0.3 is 0 Å². The summed E-state index contributed by atoms with van der Waals surface area (Å²) in [4.78, 5) is 22.1. The van der Waals surface area contributed by atoms with E-state index in [4.69, 9.17) is 16.1 Å². The SMILES string of the molecule is Cc1noc(CSc2nc3cc(Cl)ccc3c(=O)n2-c2ccccc2C)n1. The van der Waals surface area contributed by atoms with E-state index in [1.807, 2.05) is 31.2 Å². The second-order valence-electron chi connectivity index (χ2n) is 6.01. The first-order valence-electron chi connectivity index (χ1n) is 8.23. The molecule has 6 nitrogen and oxygen atoms in total. The third-order valence-corrected chi connectivity index (χ3v) is 5.21.